The van der Waals surface area contributed by atoms with E-state index >= 15 is 0 Å². The average molecular weight is 596 g/mol. The van der Waals surface area contributed by atoms with Crippen LogP contribution < -0.4 is 14.8 Å². The number of amidine groups is 1. The molecule has 3 aliphatic rings. The fraction of sp³-hybridized carbons (Fsp3) is 0.469. The Balaban J connectivity index is 1.36. The van der Waals surface area contributed by atoms with Crippen molar-refractivity contribution in [2.24, 2.45) is 4.99 Å². The van der Waals surface area contributed by atoms with Crippen LogP contribution in [0.3, 0.4) is 0 Å². The summed E-state index contributed by atoms with van der Waals surface area (Å²) in [5, 5.41) is 3.96. The van der Waals surface area contributed by atoms with Gasteiger partial charge < -0.3 is 14.8 Å². The summed E-state index contributed by atoms with van der Waals surface area (Å²) < 4.78 is 11.7. The molecule has 2 saturated carbocycles. The van der Waals surface area contributed by atoms with Gasteiger partial charge in [0.1, 0.15) is 0 Å². The van der Waals surface area contributed by atoms with Crippen LogP contribution >= 0.6 is 23.4 Å². The molecule has 218 valence electrons. The number of hydrogen-bond donors (Lipinski definition) is 1. The van der Waals surface area contributed by atoms with Crippen molar-refractivity contribution in [2.45, 2.75) is 83.2 Å². The minimum Gasteiger partial charge on any atom is -0.490 e. The number of hydrogen-bond acceptors (Lipinski definition) is 6. The highest BCUT2D eigenvalue weighted by atomic mass is 35.5. The number of benzene rings is 2. The van der Waals surface area contributed by atoms with Crippen molar-refractivity contribution in [1.82, 2.24) is 4.90 Å². The third-order valence-corrected chi connectivity index (χ3v) is 8.96. The number of carbonyl (C=O) groups is 2. The molecule has 41 heavy (non-hydrogen) atoms. The molecule has 1 N–H and O–H groups in total. The van der Waals surface area contributed by atoms with Crippen LogP contribution in [0, 0.1) is 0 Å². The Morgan fingerprint density at radius 1 is 1.05 bits per heavy atom. The predicted octanol–water partition coefficient (Wildman–Crippen LogP) is 7.69. The maximum absolute atomic E-state index is 13.8. The average Bonchev–Trinajstić information content (AvgIpc) is 3.28. The molecule has 0 unspecified atom stereocenters. The van der Waals surface area contributed by atoms with Crippen LogP contribution in [0.15, 0.2) is 52.4 Å². The van der Waals surface area contributed by atoms with Gasteiger partial charge in [-0.05, 0) is 80.3 Å². The van der Waals surface area contributed by atoms with Crippen LogP contribution in [0.25, 0.3) is 6.08 Å². The Morgan fingerprint density at radius 2 is 1.76 bits per heavy atom. The van der Waals surface area contributed by atoms with E-state index in [2.05, 4.69) is 5.32 Å². The number of thioether (sulfide) groups is 1. The lowest BCUT2D eigenvalue weighted by molar-refractivity contribution is -0.124. The van der Waals surface area contributed by atoms with Crippen molar-refractivity contribution in [3.63, 3.8) is 0 Å². The number of ether oxygens (including phenoxy) is 2. The molecule has 5 rings (SSSR count). The van der Waals surface area contributed by atoms with E-state index in [9.17, 15) is 9.59 Å². The molecule has 0 atom stereocenters. The summed E-state index contributed by atoms with van der Waals surface area (Å²) in [6.45, 7) is 2.04. The maximum Gasteiger partial charge on any atom is 0.266 e. The van der Waals surface area contributed by atoms with E-state index in [1.54, 1.807) is 6.07 Å². The first kappa shape index (κ1) is 29.5. The van der Waals surface area contributed by atoms with Gasteiger partial charge >= 0.3 is 0 Å². The van der Waals surface area contributed by atoms with Crippen LogP contribution in [0.5, 0.6) is 11.5 Å². The van der Waals surface area contributed by atoms with Crippen LogP contribution in [0.2, 0.25) is 5.02 Å². The molecule has 1 aliphatic heterocycles. The highest BCUT2D eigenvalue weighted by Gasteiger charge is 2.39. The molecule has 3 fully saturated rings. The van der Waals surface area contributed by atoms with Crippen LogP contribution in [-0.4, -0.2) is 47.2 Å². The summed E-state index contributed by atoms with van der Waals surface area (Å²) in [6, 6.07) is 13.2. The summed E-state index contributed by atoms with van der Waals surface area (Å²) >= 11 is 8.12. The Hall–Kier alpha value is -2.97. The fourth-order valence-corrected chi connectivity index (χ4v) is 7.07. The lowest BCUT2D eigenvalue weighted by Crippen LogP contribution is -2.41. The fourth-order valence-electron chi connectivity index (χ4n) is 5.69. The van der Waals surface area contributed by atoms with E-state index in [-0.39, 0.29) is 24.5 Å². The zero-order valence-corrected chi connectivity index (χ0v) is 25.1. The monoisotopic (exact) mass is 595 g/mol. The molecule has 2 aromatic carbocycles. The van der Waals surface area contributed by atoms with Gasteiger partial charge in [-0.25, -0.2) is 0 Å². The van der Waals surface area contributed by atoms with E-state index in [1.807, 2.05) is 54.3 Å². The van der Waals surface area contributed by atoms with Gasteiger partial charge in [0.25, 0.3) is 11.8 Å². The molecule has 7 nitrogen and oxygen atoms in total. The molecule has 0 bridgehead atoms. The number of anilines is 1. The highest BCUT2D eigenvalue weighted by molar-refractivity contribution is 8.18. The SMILES string of the molecule is CCOc1cc(C=C2SC(=NC3CCCCC3)N(C3CCCCC3)C2=O)cc(Cl)c1OCC(=O)Nc1ccccc1. The van der Waals surface area contributed by atoms with Gasteiger partial charge in [-0.3, -0.25) is 19.5 Å². The molecule has 1 heterocycles. The van der Waals surface area contributed by atoms with Crippen LogP contribution in [-0.2, 0) is 9.59 Å². The number of amides is 2. The first-order chi connectivity index (χ1) is 20.0. The zero-order valence-electron chi connectivity index (χ0n) is 23.6. The van der Waals surface area contributed by atoms with Crippen molar-refractivity contribution in [2.75, 3.05) is 18.5 Å². The summed E-state index contributed by atoms with van der Waals surface area (Å²) in [5.41, 5.74) is 1.42. The molecule has 2 aromatic rings. The number of rotatable bonds is 9. The van der Waals surface area contributed by atoms with Crippen LogP contribution in [0.4, 0.5) is 5.69 Å². The minimum atomic E-state index is -0.304. The largest absolute Gasteiger partial charge is 0.490 e. The molecule has 0 spiro atoms. The van der Waals surface area contributed by atoms with Gasteiger partial charge in [-0.2, -0.15) is 0 Å². The minimum absolute atomic E-state index is 0.0171. The molecule has 1 saturated heterocycles. The molecular weight excluding hydrogens is 558 g/mol. The van der Waals surface area contributed by atoms with Gasteiger partial charge in [-0.15, -0.1) is 0 Å². The normalized spacial score (nSPS) is 20.5. The Bertz CT molecular complexity index is 1290. The Kier molecular flexibility index (Phi) is 10.3. The van der Waals surface area contributed by atoms with Gasteiger partial charge in [0.15, 0.2) is 23.3 Å². The third kappa shape index (κ3) is 7.66. The highest BCUT2D eigenvalue weighted by Crippen LogP contribution is 2.41. The van der Waals surface area contributed by atoms with Gasteiger partial charge in [-0.1, -0.05) is 68.3 Å². The van der Waals surface area contributed by atoms with Crippen molar-refractivity contribution in [3.05, 3.63) is 58.0 Å². The maximum atomic E-state index is 13.8. The van der Waals surface area contributed by atoms with Gasteiger partial charge in [0, 0.05) is 11.7 Å². The van der Waals surface area contributed by atoms with Gasteiger partial charge in [0.05, 0.1) is 22.6 Å². The van der Waals surface area contributed by atoms with Crippen molar-refractivity contribution >= 4 is 52.1 Å². The second-order valence-electron chi connectivity index (χ2n) is 10.7. The molecule has 2 amide bonds. The quantitative estimate of drug-likeness (QED) is 0.301. The van der Waals surface area contributed by atoms with E-state index in [4.69, 9.17) is 26.1 Å². The number of aliphatic imine (C=N–C) groups is 1. The van der Waals surface area contributed by atoms with Gasteiger partial charge in [0.2, 0.25) is 0 Å². The second kappa shape index (κ2) is 14.3. The number of para-hydroxylation sites is 1. The molecule has 2 aliphatic carbocycles. The molecule has 0 aromatic heterocycles. The number of nitrogens with one attached hydrogen (secondary N) is 1. The topological polar surface area (TPSA) is 80.2 Å². The summed E-state index contributed by atoms with van der Waals surface area (Å²) in [4.78, 5) is 33.9. The zero-order chi connectivity index (χ0) is 28.6. The third-order valence-electron chi connectivity index (χ3n) is 7.68. The summed E-state index contributed by atoms with van der Waals surface area (Å²) in [6.07, 6.45) is 13.3. The van der Waals surface area contributed by atoms with E-state index in [0.29, 0.717) is 39.8 Å². The standard InChI is InChI=1S/C32H38ClN3O4S/c1-2-39-27-19-22(18-26(33)30(27)40-21-29(37)34-23-12-6-3-7-13-23)20-28-31(38)36(25-16-10-5-11-17-25)32(41-28)35-24-14-8-4-9-15-24/h3,6-7,12-13,18-20,24-25H,2,4-5,8-11,14-17,21H2,1H3,(H,34,37). The Labute approximate surface area is 251 Å². The number of nitrogens with zero attached hydrogens (tertiary/aromatic N) is 2. The summed E-state index contributed by atoms with van der Waals surface area (Å²) in [5.74, 6) is 0.438. The van der Waals surface area contributed by atoms with E-state index in [0.717, 1.165) is 49.3 Å². The number of carbonyl (C=O) groups excluding carboxylic acids is 2. The smallest absolute Gasteiger partial charge is 0.266 e. The predicted molar refractivity (Wildman–Crippen MR) is 167 cm³/mol. The lowest BCUT2D eigenvalue weighted by atomic mass is 9.94. The first-order valence-electron chi connectivity index (χ1n) is 14.8. The lowest BCUT2D eigenvalue weighted by Gasteiger charge is -2.31. The molecule has 9 heteroatoms. The van der Waals surface area contributed by atoms with E-state index < -0.39 is 0 Å². The van der Waals surface area contributed by atoms with E-state index in [1.165, 1.54) is 37.4 Å². The van der Waals surface area contributed by atoms with Crippen LogP contribution in [0.1, 0.15) is 76.7 Å². The molecular formula is C32H38ClN3O4S. The van der Waals surface area contributed by atoms with Crippen molar-refractivity contribution in [3.8, 4) is 11.5 Å². The summed E-state index contributed by atoms with van der Waals surface area (Å²) in [7, 11) is 0. The van der Waals surface area contributed by atoms with Crippen molar-refractivity contribution in [1.29, 1.82) is 0 Å². The second-order valence-corrected chi connectivity index (χ2v) is 12.2. The molecule has 0 radical (unpaired) electrons. The Morgan fingerprint density at radius 3 is 2.46 bits per heavy atom. The number of halogens is 1. The first-order valence-corrected chi connectivity index (χ1v) is 16.0. The van der Waals surface area contributed by atoms with Crippen molar-refractivity contribution < 1.29 is 19.1 Å².